The second-order valence-corrected chi connectivity index (χ2v) is 7.55. The summed E-state index contributed by atoms with van der Waals surface area (Å²) in [5, 5.41) is 4.91. The molecule has 0 saturated carbocycles. The van der Waals surface area contributed by atoms with Gasteiger partial charge in [0.05, 0.1) is 12.0 Å². The van der Waals surface area contributed by atoms with Gasteiger partial charge >= 0.3 is 11.8 Å². The highest BCUT2D eigenvalue weighted by atomic mass is 32.2. The lowest BCUT2D eigenvalue weighted by molar-refractivity contribution is -0.139. The molecule has 1 heterocycles. The van der Waals surface area contributed by atoms with Gasteiger partial charge in [0.25, 0.3) is 0 Å². The lowest BCUT2D eigenvalue weighted by Crippen LogP contribution is -2.46. The van der Waals surface area contributed by atoms with Gasteiger partial charge < -0.3 is 15.4 Å². The second kappa shape index (κ2) is 8.30. The molecule has 1 saturated heterocycles. The average molecular weight is 369 g/mol. The van der Waals surface area contributed by atoms with E-state index in [1.54, 1.807) is 19.1 Å². The number of ether oxygens (including phenoxy) is 1. The highest BCUT2D eigenvalue weighted by Gasteiger charge is 2.35. The van der Waals surface area contributed by atoms with Crippen molar-refractivity contribution in [2.75, 3.05) is 26.7 Å². The first-order valence-corrected chi connectivity index (χ1v) is 9.56. The molecule has 1 aliphatic heterocycles. The standard InChI is InChI=1S/C16H23N3O5S/c1-3-17-15(20)16(21)18-11-12-5-4-10-19(12)25(22,23)14-8-6-13(24-2)7-9-14/h6-9,12H,3-5,10-11H2,1-2H3,(H,17,20)(H,18,21)/t12-/m1/s1. The molecule has 0 spiro atoms. The van der Waals surface area contributed by atoms with Crippen LogP contribution in [0, 0.1) is 0 Å². The monoisotopic (exact) mass is 369 g/mol. The van der Waals surface area contributed by atoms with E-state index < -0.39 is 21.8 Å². The molecule has 2 rings (SSSR count). The fourth-order valence-corrected chi connectivity index (χ4v) is 4.44. The first kappa shape index (κ1) is 19.2. The molecule has 1 aliphatic rings. The first-order valence-electron chi connectivity index (χ1n) is 8.12. The predicted molar refractivity (Wildman–Crippen MR) is 91.6 cm³/mol. The molecule has 138 valence electrons. The summed E-state index contributed by atoms with van der Waals surface area (Å²) in [6, 6.07) is 5.81. The summed E-state index contributed by atoms with van der Waals surface area (Å²) < 4.78 is 32.1. The van der Waals surface area contributed by atoms with Gasteiger partial charge in [0.1, 0.15) is 5.75 Å². The van der Waals surface area contributed by atoms with Gasteiger partial charge in [0, 0.05) is 25.7 Å². The summed E-state index contributed by atoms with van der Waals surface area (Å²) in [4.78, 5) is 23.3. The van der Waals surface area contributed by atoms with E-state index >= 15 is 0 Å². The minimum atomic E-state index is -3.67. The maximum absolute atomic E-state index is 12.8. The van der Waals surface area contributed by atoms with Crippen LogP contribution in [0.25, 0.3) is 0 Å². The Morgan fingerprint density at radius 3 is 2.44 bits per heavy atom. The van der Waals surface area contributed by atoms with E-state index in [0.717, 1.165) is 0 Å². The van der Waals surface area contributed by atoms with Gasteiger partial charge in [-0.05, 0) is 44.0 Å². The number of hydrogen-bond acceptors (Lipinski definition) is 5. The van der Waals surface area contributed by atoms with E-state index in [-0.39, 0.29) is 17.5 Å². The van der Waals surface area contributed by atoms with Crippen molar-refractivity contribution in [1.82, 2.24) is 14.9 Å². The average Bonchev–Trinajstić information content (AvgIpc) is 3.09. The second-order valence-electron chi connectivity index (χ2n) is 5.66. The van der Waals surface area contributed by atoms with Crippen LogP contribution in [0.1, 0.15) is 19.8 Å². The molecule has 1 aromatic carbocycles. The number of hydrogen-bond donors (Lipinski definition) is 2. The number of nitrogens with zero attached hydrogens (tertiary/aromatic N) is 1. The van der Waals surface area contributed by atoms with Gasteiger partial charge in [0.2, 0.25) is 10.0 Å². The molecular formula is C16H23N3O5S. The van der Waals surface area contributed by atoms with Crippen molar-refractivity contribution < 1.29 is 22.7 Å². The molecule has 2 amide bonds. The zero-order valence-electron chi connectivity index (χ0n) is 14.3. The normalized spacial score (nSPS) is 17.9. The smallest absolute Gasteiger partial charge is 0.309 e. The van der Waals surface area contributed by atoms with Crippen LogP contribution in [0.3, 0.4) is 0 Å². The van der Waals surface area contributed by atoms with E-state index in [4.69, 9.17) is 4.74 Å². The fraction of sp³-hybridized carbons (Fsp3) is 0.500. The van der Waals surface area contributed by atoms with Gasteiger partial charge in [-0.25, -0.2) is 8.42 Å². The topological polar surface area (TPSA) is 105 Å². The zero-order chi connectivity index (χ0) is 18.4. The molecule has 1 aromatic rings. The Bertz CT molecular complexity index is 718. The summed E-state index contributed by atoms with van der Waals surface area (Å²) in [6.07, 6.45) is 1.34. The maximum atomic E-state index is 12.8. The molecule has 25 heavy (non-hydrogen) atoms. The minimum absolute atomic E-state index is 0.103. The van der Waals surface area contributed by atoms with Gasteiger partial charge in [-0.3, -0.25) is 9.59 Å². The van der Waals surface area contributed by atoms with Crippen molar-refractivity contribution in [2.45, 2.75) is 30.7 Å². The van der Waals surface area contributed by atoms with Crippen molar-refractivity contribution in [1.29, 1.82) is 0 Å². The number of nitrogens with one attached hydrogen (secondary N) is 2. The molecule has 1 fully saturated rings. The van der Waals surface area contributed by atoms with E-state index in [1.165, 1.54) is 23.5 Å². The van der Waals surface area contributed by atoms with Crippen LogP contribution < -0.4 is 15.4 Å². The van der Waals surface area contributed by atoms with Crippen LogP contribution >= 0.6 is 0 Å². The summed E-state index contributed by atoms with van der Waals surface area (Å²) in [5.41, 5.74) is 0. The number of carbonyl (C=O) groups is 2. The molecule has 8 nitrogen and oxygen atoms in total. The summed E-state index contributed by atoms with van der Waals surface area (Å²) in [5.74, 6) is -0.897. The third kappa shape index (κ3) is 4.49. The van der Waals surface area contributed by atoms with Crippen LogP contribution in [-0.4, -0.2) is 57.3 Å². The van der Waals surface area contributed by atoms with Crippen molar-refractivity contribution in [3.63, 3.8) is 0 Å². The Morgan fingerprint density at radius 2 is 1.84 bits per heavy atom. The zero-order valence-corrected chi connectivity index (χ0v) is 15.1. The van der Waals surface area contributed by atoms with Gasteiger partial charge in [-0.2, -0.15) is 4.31 Å². The highest BCUT2D eigenvalue weighted by molar-refractivity contribution is 7.89. The van der Waals surface area contributed by atoms with Crippen molar-refractivity contribution >= 4 is 21.8 Å². The third-order valence-electron chi connectivity index (χ3n) is 4.03. The maximum Gasteiger partial charge on any atom is 0.309 e. The molecule has 0 aliphatic carbocycles. The molecule has 0 aromatic heterocycles. The van der Waals surface area contributed by atoms with Crippen LogP contribution in [0.2, 0.25) is 0 Å². The highest BCUT2D eigenvalue weighted by Crippen LogP contribution is 2.26. The number of rotatable bonds is 6. The van der Waals surface area contributed by atoms with Crippen molar-refractivity contribution in [3.8, 4) is 5.75 Å². The SMILES string of the molecule is CCNC(=O)C(=O)NC[C@H]1CCCN1S(=O)(=O)c1ccc(OC)cc1. The van der Waals surface area contributed by atoms with Gasteiger partial charge in [0.15, 0.2) is 0 Å². The number of benzene rings is 1. The van der Waals surface area contributed by atoms with E-state index in [1.807, 2.05) is 0 Å². The number of carbonyl (C=O) groups excluding carboxylic acids is 2. The van der Waals surface area contributed by atoms with Gasteiger partial charge in [-0.1, -0.05) is 0 Å². The van der Waals surface area contributed by atoms with E-state index in [2.05, 4.69) is 10.6 Å². The third-order valence-corrected chi connectivity index (χ3v) is 6.00. The van der Waals surface area contributed by atoms with Crippen LogP contribution in [-0.2, 0) is 19.6 Å². The molecule has 1 atom stereocenters. The van der Waals surface area contributed by atoms with Crippen molar-refractivity contribution in [2.24, 2.45) is 0 Å². The number of likely N-dealkylation sites (N-methyl/N-ethyl adjacent to an activating group) is 1. The first-order chi connectivity index (χ1) is 11.9. The molecule has 0 radical (unpaired) electrons. The molecule has 0 bridgehead atoms. The minimum Gasteiger partial charge on any atom is -0.497 e. The Morgan fingerprint density at radius 1 is 1.20 bits per heavy atom. The molecule has 2 N–H and O–H groups in total. The summed E-state index contributed by atoms with van der Waals surface area (Å²) >= 11 is 0. The quantitative estimate of drug-likeness (QED) is 0.692. The molecule has 9 heteroatoms. The van der Waals surface area contributed by atoms with Gasteiger partial charge in [-0.15, -0.1) is 0 Å². The van der Waals surface area contributed by atoms with E-state index in [9.17, 15) is 18.0 Å². The summed E-state index contributed by atoms with van der Waals surface area (Å²) in [6.45, 7) is 2.56. The summed E-state index contributed by atoms with van der Waals surface area (Å²) in [7, 11) is -2.15. The largest absolute Gasteiger partial charge is 0.497 e. The molecule has 0 unspecified atom stereocenters. The number of methoxy groups -OCH3 is 1. The van der Waals surface area contributed by atoms with Crippen LogP contribution in [0.15, 0.2) is 29.2 Å². The fourth-order valence-electron chi connectivity index (χ4n) is 2.74. The van der Waals surface area contributed by atoms with Crippen molar-refractivity contribution in [3.05, 3.63) is 24.3 Å². The number of amides is 2. The van der Waals surface area contributed by atoms with Crippen LogP contribution in [0.4, 0.5) is 0 Å². The Labute approximate surface area is 147 Å². The lowest BCUT2D eigenvalue weighted by Gasteiger charge is -2.24. The Balaban J connectivity index is 2.06. The lowest BCUT2D eigenvalue weighted by atomic mass is 10.2. The van der Waals surface area contributed by atoms with Crippen LogP contribution in [0.5, 0.6) is 5.75 Å². The Kier molecular flexibility index (Phi) is 6.38. The number of sulfonamides is 1. The molecular weight excluding hydrogens is 346 g/mol. The van der Waals surface area contributed by atoms with E-state index in [0.29, 0.717) is 31.7 Å². The predicted octanol–water partition coefficient (Wildman–Crippen LogP) is 0.101. The Hall–Kier alpha value is -2.13.